The highest BCUT2D eigenvalue weighted by atomic mass is 16.5. The van der Waals surface area contributed by atoms with Gasteiger partial charge >= 0.3 is 11.9 Å². The molecular formula is C10H15NO5. The molecule has 1 unspecified atom stereocenters. The first-order valence-electron chi connectivity index (χ1n) is 4.66. The van der Waals surface area contributed by atoms with Gasteiger partial charge in [0.05, 0.1) is 0 Å². The van der Waals surface area contributed by atoms with E-state index in [1.54, 1.807) is 13.8 Å². The van der Waals surface area contributed by atoms with Gasteiger partial charge in [0.25, 0.3) is 5.91 Å². The third-order valence-electron chi connectivity index (χ3n) is 1.74. The van der Waals surface area contributed by atoms with Gasteiger partial charge in [-0.15, -0.1) is 0 Å². The highest BCUT2D eigenvalue weighted by Crippen LogP contribution is 2.03. The largest absolute Gasteiger partial charge is 0.480 e. The Morgan fingerprint density at radius 2 is 1.81 bits per heavy atom. The average Bonchev–Trinajstić information content (AvgIpc) is 2.11. The minimum atomic E-state index is -1.15. The van der Waals surface area contributed by atoms with Gasteiger partial charge in [-0.1, -0.05) is 20.4 Å². The van der Waals surface area contributed by atoms with E-state index >= 15 is 0 Å². The lowest BCUT2D eigenvalue weighted by Gasteiger charge is -2.18. The number of esters is 1. The molecule has 1 atom stereocenters. The molecule has 6 nitrogen and oxygen atoms in total. The van der Waals surface area contributed by atoms with Gasteiger partial charge in [-0.05, 0) is 5.92 Å². The molecule has 0 aromatic rings. The van der Waals surface area contributed by atoms with Crippen LogP contribution in [0.4, 0.5) is 0 Å². The molecule has 2 N–H and O–H groups in total. The summed E-state index contributed by atoms with van der Waals surface area (Å²) in [5, 5.41) is 11.0. The molecule has 0 radical (unpaired) electrons. The van der Waals surface area contributed by atoms with E-state index in [0.717, 1.165) is 6.92 Å². The fourth-order valence-electron chi connectivity index (χ4n) is 0.955. The van der Waals surface area contributed by atoms with Crippen LogP contribution >= 0.6 is 0 Å². The Bertz CT molecular complexity index is 321. The summed E-state index contributed by atoms with van der Waals surface area (Å²) in [6.07, 6.45) is 0. The Balaban J connectivity index is 4.47. The van der Waals surface area contributed by atoms with Gasteiger partial charge in [0.15, 0.2) is 5.76 Å². The van der Waals surface area contributed by atoms with Crippen LogP contribution in [-0.4, -0.2) is 29.0 Å². The van der Waals surface area contributed by atoms with Gasteiger partial charge in [0.1, 0.15) is 6.04 Å². The summed E-state index contributed by atoms with van der Waals surface area (Å²) in [7, 11) is 0. The predicted molar refractivity (Wildman–Crippen MR) is 55.3 cm³/mol. The number of nitrogens with one attached hydrogen (secondary N) is 1. The number of carboxylic acid groups (broad SMARTS) is 1. The third-order valence-corrected chi connectivity index (χ3v) is 1.74. The normalized spacial score (nSPS) is 11.8. The van der Waals surface area contributed by atoms with Crippen molar-refractivity contribution in [2.75, 3.05) is 0 Å². The maximum atomic E-state index is 11.3. The number of hydrogen-bond donors (Lipinski definition) is 2. The van der Waals surface area contributed by atoms with Gasteiger partial charge < -0.3 is 15.2 Å². The lowest BCUT2D eigenvalue weighted by atomic mass is 10.0. The van der Waals surface area contributed by atoms with Gasteiger partial charge in [-0.2, -0.15) is 0 Å². The molecule has 0 heterocycles. The molecule has 90 valence electrons. The van der Waals surface area contributed by atoms with Crippen LogP contribution in [0.25, 0.3) is 0 Å². The number of ether oxygens (including phenoxy) is 1. The number of hydrogen-bond acceptors (Lipinski definition) is 4. The zero-order valence-corrected chi connectivity index (χ0v) is 9.44. The third kappa shape index (κ3) is 4.59. The standard InChI is InChI=1S/C10H15NO5/c1-5(2)8(10(14)15)11-9(13)6(3)16-7(4)12/h5,8H,3H2,1-2,4H3,(H,11,13)(H,14,15). The Morgan fingerprint density at radius 3 is 2.12 bits per heavy atom. The molecule has 0 aromatic carbocycles. The number of carbonyl (C=O) groups excluding carboxylic acids is 2. The van der Waals surface area contributed by atoms with E-state index in [9.17, 15) is 14.4 Å². The molecule has 0 fully saturated rings. The van der Waals surface area contributed by atoms with E-state index in [0.29, 0.717) is 0 Å². The summed E-state index contributed by atoms with van der Waals surface area (Å²) in [5.74, 6) is -3.35. The summed E-state index contributed by atoms with van der Waals surface area (Å²) in [6, 6.07) is -1.04. The van der Waals surface area contributed by atoms with Crippen molar-refractivity contribution >= 4 is 17.8 Å². The van der Waals surface area contributed by atoms with E-state index in [1.165, 1.54) is 0 Å². The molecule has 0 saturated heterocycles. The maximum Gasteiger partial charge on any atom is 0.326 e. The second-order valence-electron chi connectivity index (χ2n) is 3.55. The molecule has 0 aliphatic rings. The van der Waals surface area contributed by atoms with Gasteiger partial charge in [-0.25, -0.2) is 4.79 Å². The number of aliphatic carboxylic acids is 1. The van der Waals surface area contributed by atoms with E-state index in [2.05, 4.69) is 16.6 Å². The molecule has 0 aliphatic heterocycles. The van der Waals surface area contributed by atoms with Crippen LogP contribution in [0.1, 0.15) is 20.8 Å². The Kier molecular flexibility index (Phi) is 5.21. The molecule has 0 aliphatic carbocycles. The first-order chi connectivity index (χ1) is 7.25. The van der Waals surface area contributed by atoms with Crippen molar-refractivity contribution in [1.82, 2.24) is 5.32 Å². The van der Waals surface area contributed by atoms with E-state index in [4.69, 9.17) is 5.11 Å². The van der Waals surface area contributed by atoms with Gasteiger partial charge in [0.2, 0.25) is 0 Å². The smallest absolute Gasteiger partial charge is 0.326 e. The minimum absolute atomic E-state index is 0.286. The number of carboxylic acids is 1. The van der Waals surface area contributed by atoms with Crippen LogP contribution in [0.2, 0.25) is 0 Å². The first kappa shape index (κ1) is 14.2. The molecule has 0 aromatic heterocycles. The zero-order chi connectivity index (χ0) is 12.9. The SMILES string of the molecule is C=C(OC(C)=O)C(=O)NC(C(=O)O)C(C)C. The molecule has 0 saturated carbocycles. The van der Waals surface area contributed by atoms with E-state index in [-0.39, 0.29) is 5.92 Å². The average molecular weight is 229 g/mol. The van der Waals surface area contributed by atoms with Crippen LogP contribution in [-0.2, 0) is 19.1 Å². The van der Waals surface area contributed by atoms with Gasteiger partial charge in [-0.3, -0.25) is 9.59 Å². The maximum absolute atomic E-state index is 11.3. The highest BCUT2D eigenvalue weighted by Gasteiger charge is 2.25. The van der Waals surface area contributed by atoms with E-state index in [1.807, 2.05) is 0 Å². The fourth-order valence-corrected chi connectivity index (χ4v) is 0.955. The second-order valence-corrected chi connectivity index (χ2v) is 3.55. The Morgan fingerprint density at radius 1 is 1.31 bits per heavy atom. The summed E-state index contributed by atoms with van der Waals surface area (Å²) in [5.41, 5.74) is 0. The topological polar surface area (TPSA) is 92.7 Å². The van der Waals surface area contributed by atoms with Crippen molar-refractivity contribution in [3.8, 4) is 0 Å². The summed E-state index contributed by atoms with van der Waals surface area (Å²) < 4.78 is 4.43. The van der Waals surface area contributed by atoms with Gasteiger partial charge in [0, 0.05) is 6.92 Å². The molecule has 1 amide bonds. The lowest BCUT2D eigenvalue weighted by molar-refractivity contribution is -0.144. The van der Waals surface area contributed by atoms with Crippen molar-refractivity contribution < 1.29 is 24.2 Å². The van der Waals surface area contributed by atoms with Crippen molar-refractivity contribution in [3.63, 3.8) is 0 Å². The minimum Gasteiger partial charge on any atom is -0.480 e. The molecule has 6 heteroatoms. The van der Waals surface area contributed by atoms with Crippen LogP contribution in [0.3, 0.4) is 0 Å². The van der Waals surface area contributed by atoms with Crippen molar-refractivity contribution in [3.05, 3.63) is 12.3 Å². The van der Waals surface area contributed by atoms with Crippen LogP contribution in [0, 0.1) is 5.92 Å². The molecule has 0 rings (SSSR count). The summed E-state index contributed by atoms with van der Waals surface area (Å²) in [4.78, 5) is 32.6. The predicted octanol–water partition coefficient (Wildman–Crippen LogP) is 0.289. The highest BCUT2D eigenvalue weighted by molar-refractivity contribution is 5.95. The second kappa shape index (κ2) is 5.89. The number of carbonyl (C=O) groups is 3. The fraction of sp³-hybridized carbons (Fsp3) is 0.500. The van der Waals surface area contributed by atoms with Crippen molar-refractivity contribution in [2.45, 2.75) is 26.8 Å². The van der Waals surface area contributed by atoms with Crippen LogP contribution in [0.15, 0.2) is 12.3 Å². The van der Waals surface area contributed by atoms with Crippen LogP contribution < -0.4 is 5.32 Å². The lowest BCUT2D eigenvalue weighted by Crippen LogP contribution is -2.45. The number of rotatable bonds is 5. The summed E-state index contributed by atoms with van der Waals surface area (Å²) in [6.45, 7) is 7.63. The van der Waals surface area contributed by atoms with Crippen molar-refractivity contribution in [2.24, 2.45) is 5.92 Å². The molecule has 16 heavy (non-hydrogen) atoms. The molecule has 0 bridgehead atoms. The van der Waals surface area contributed by atoms with Crippen molar-refractivity contribution in [1.29, 1.82) is 0 Å². The van der Waals surface area contributed by atoms with E-state index < -0.39 is 29.6 Å². The molecule has 0 spiro atoms. The monoisotopic (exact) mass is 229 g/mol. The Hall–Kier alpha value is -1.85. The quantitative estimate of drug-likeness (QED) is 0.401. The molecular weight excluding hydrogens is 214 g/mol. The summed E-state index contributed by atoms with van der Waals surface area (Å²) >= 11 is 0. The van der Waals surface area contributed by atoms with Crippen LogP contribution in [0.5, 0.6) is 0 Å². The number of amides is 1. The Labute approximate surface area is 93.3 Å². The first-order valence-corrected chi connectivity index (χ1v) is 4.66. The zero-order valence-electron chi connectivity index (χ0n) is 9.44.